The molecule has 2 aromatic rings. The Hall–Kier alpha value is -0.730. The number of hydrogen-bond acceptors (Lipinski definition) is 2. The van der Waals surface area contributed by atoms with Gasteiger partial charge in [0.15, 0.2) is 0 Å². The van der Waals surface area contributed by atoms with Gasteiger partial charge in [-0.25, -0.2) is 0 Å². The van der Waals surface area contributed by atoms with Gasteiger partial charge < -0.3 is 4.74 Å². The van der Waals surface area contributed by atoms with Crippen LogP contribution in [0.25, 0.3) is 10.1 Å². The third kappa shape index (κ3) is 1.40. The van der Waals surface area contributed by atoms with E-state index in [-0.39, 0.29) is 0 Å². The predicted molar refractivity (Wildman–Crippen MR) is 58.1 cm³/mol. The van der Waals surface area contributed by atoms with Crippen LogP contribution in [0.2, 0.25) is 5.02 Å². The van der Waals surface area contributed by atoms with Gasteiger partial charge in [0.2, 0.25) is 0 Å². The molecule has 0 saturated heterocycles. The Bertz CT molecular complexity index is 447. The zero-order valence-corrected chi connectivity index (χ0v) is 9.00. The van der Waals surface area contributed by atoms with Crippen LogP contribution in [0.4, 0.5) is 0 Å². The van der Waals surface area contributed by atoms with Gasteiger partial charge in [0.1, 0.15) is 5.75 Å². The summed E-state index contributed by atoms with van der Waals surface area (Å²) in [6.45, 7) is 2.03. The highest BCUT2D eigenvalue weighted by Crippen LogP contribution is 2.36. The fraction of sp³-hybridized carbons (Fsp3) is 0.200. The van der Waals surface area contributed by atoms with Crippen molar-refractivity contribution in [2.45, 2.75) is 6.92 Å². The molecule has 0 aliphatic rings. The van der Waals surface area contributed by atoms with Gasteiger partial charge in [0.25, 0.3) is 0 Å². The summed E-state index contributed by atoms with van der Waals surface area (Å²) in [5, 5.41) is 1.93. The molecule has 68 valence electrons. The quantitative estimate of drug-likeness (QED) is 0.697. The number of methoxy groups -OCH3 is 1. The largest absolute Gasteiger partial charge is 0.497 e. The van der Waals surface area contributed by atoms with Crippen LogP contribution in [0.15, 0.2) is 18.2 Å². The lowest BCUT2D eigenvalue weighted by molar-refractivity contribution is 0.415. The van der Waals surface area contributed by atoms with Crippen molar-refractivity contribution in [1.29, 1.82) is 0 Å². The van der Waals surface area contributed by atoms with Crippen LogP contribution in [0, 0.1) is 6.92 Å². The summed E-state index contributed by atoms with van der Waals surface area (Å²) in [6.07, 6.45) is 0. The minimum atomic E-state index is 0.846. The first-order valence-electron chi connectivity index (χ1n) is 3.95. The average Bonchev–Trinajstić information content (AvgIpc) is 2.43. The molecule has 0 saturated carbocycles. The van der Waals surface area contributed by atoms with Gasteiger partial charge in [-0.2, -0.15) is 0 Å². The van der Waals surface area contributed by atoms with Crippen molar-refractivity contribution < 1.29 is 4.74 Å². The fourth-order valence-corrected chi connectivity index (χ4v) is 2.56. The molecule has 0 radical (unpaired) electrons. The van der Waals surface area contributed by atoms with E-state index in [2.05, 4.69) is 0 Å². The summed E-state index contributed by atoms with van der Waals surface area (Å²) in [4.78, 5) is 1.16. The van der Waals surface area contributed by atoms with Crippen molar-refractivity contribution in [2.24, 2.45) is 0 Å². The van der Waals surface area contributed by atoms with Crippen LogP contribution in [0.1, 0.15) is 4.88 Å². The van der Waals surface area contributed by atoms with Gasteiger partial charge in [0.05, 0.1) is 12.1 Å². The van der Waals surface area contributed by atoms with E-state index in [4.69, 9.17) is 16.3 Å². The summed E-state index contributed by atoms with van der Waals surface area (Å²) in [5.74, 6) is 0.854. The molecule has 0 spiro atoms. The third-order valence-electron chi connectivity index (χ3n) is 2.00. The normalized spacial score (nSPS) is 10.7. The zero-order valence-electron chi connectivity index (χ0n) is 7.43. The van der Waals surface area contributed by atoms with Gasteiger partial charge in [-0.05, 0) is 25.1 Å². The topological polar surface area (TPSA) is 9.23 Å². The van der Waals surface area contributed by atoms with Gasteiger partial charge in [-0.1, -0.05) is 11.6 Å². The first-order valence-corrected chi connectivity index (χ1v) is 5.14. The van der Waals surface area contributed by atoms with E-state index in [0.29, 0.717) is 0 Å². The van der Waals surface area contributed by atoms with Crippen LogP contribution in [-0.2, 0) is 0 Å². The first kappa shape index (κ1) is 8.85. The average molecular weight is 213 g/mol. The minimum absolute atomic E-state index is 0.846. The maximum absolute atomic E-state index is 6.13. The van der Waals surface area contributed by atoms with Crippen LogP contribution >= 0.6 is 22.9 Å². The summed E-state index contributed by atoms with van der Waals surface area (Å²) < 4.78 is 6.34. The number of fused-ring (bicyclic) bond motifs is 1. The summed E-state index contributed by atoms with van der Waals surface area (Å²) in [7, 11) is 1.66. The van der Waals surface area contributed by atoms with E-state index in [9.17, 15) is 0 Å². The molecule has 3 heteroatoms. The van der Waals surface area contributed by atoms with Crippen molar-refractivity contribution in [3.63, 3.8) is 0 Å². The van der Waals surface area contributed by atoms with Crippen LogP contribution in [0.5, 0.6) is 5.75 Å². The molecular formula is C10H9ClOS. The molecule has 1 aromatic carbocycles. The maximum Gasteiger partial charge on any atom is 0.119 e. The lowest BCUT2D eigenvalue weighted by Gasteiger charge is -1.98. The van der Waals surface area contributed by atoms with Crippen LogP contribution < -0.4 is 4.74 Å². The molecule has 2 rings (SSSR count). The molecule has 1 aromatic heterocycles. The Kier molecular flexibility index (Phi) is 2.18. The van der Waals surface area contributed by atoms with Crippen molar-refractivity contribution in [3.8, 4) is 5.75 Å². The van der Waals surface area contributed by atoms with E-state index < -0.39 is 0 Å². The fourth-order valence-electron chi connectivity index (χ4n) is 1.30. The third-order valence-corrected chi connectivity index (χ3v) is 3.68. The molecule has 0 unspecified atom stereocenters. The molecule has 0 atom stereocenters. The molecule has 0 fully saturated rings. The smallest absolute Gasteiger partial charge is 0.119 e. The highest BCUT2D eigenvalue weighted by atomic mass is 35.5. The van der Waals surface area contributed by atoms with Crippen molar-refractivity contribution >= 4 is 33.0 Å². The molecule has 0 aliphatic carbocycles. The molecular weight excluding hydrogens is 204 g/mol. The van der Waals surface area contributed by atoms with Crippen LogP contribution in [0.3, 0.4) is 0 Å². The Morgan fingerprint density at radius 1 is 1.38 bits per heavy atom. The van der Waals surface area contributed by atoms with Gasteiger partial charge >= 0.3 is 0 Å². The van der Waals surface area contributed by atoms with E-state index >= 15 is 0 Å². The maximum atomic E-state index is 6.13. The number of benzene rings is 1. The summed E-state index contributed by atoms with van der Waals surface area (Å²) >= 11 is 7.84. The second-order valence-electron chi connectivity index (χ2n) is 2.83. The van der Waals surface area contributed by atoms with E-state index in [1.165, 1.54) is 4.70 Å². The Labute approximate surface area is 85.9 Å². The van der Waals surface area contributed by atoms with Crippen molar-refractivity contribution in [1.82, 2.24) is 0 Å². The monoisotopic (exact) mass is 212 g/mol. The van der Waals surface area contributed by atoms with Gasteiger partial charge in [0, 0.05) is 15.0 Å². The highest BCUT2D eigenvalue weighted by Gasteiger charge is 2.06. The van der Waals surface area contributed by atoms with Gasteiger partial charge in [-0.3, -0.25) is 0 Å². The second-order valence-corrected chi connectivity index (χ2v) is 4.47. The SMILES string of the molecule is COc1ccc2sc(C)c(Cl)c2c1. The lowest BCUT2D eigenvalue weighted by Crippen LogP contribution is -1.80. The number of aryl methyl sites for hydroxylation is 1. The number of halogens is 1. The standard InChI is InChI=1S/C10H9ClOS/c1-6-10(11)8-5-7(12-2)3-4-9(8)13-6/h3-5H,1-2H3. The van der Waals surface area contributed by atoms with Crippen molar-refractivity contribution in [2.75, 3.05) is 7.11 Å². The summed E-state index contributed by atoms with van der Waals surface area (Å²) in [6, 6.07) is 5.97. The van der Waals surface area contributed by atoms with E-state index in [1.54, 1.807) is 18.4 Å². The molecule has 1 heterocycles. The Morgan fingerprint density at radius 3 is 2.85 bits per heavy atom. The van der Waals surface area contributed by atoms with Crippen LogP contribution in [-0.4, -0.2) is 7.11 Å². The predicted octanol–water partition coefficient (Wildman–Crippen LogP) is 3.87. The number of ether oxygens (including phenoxy) is 1. The number of rotatable bonds is 1. The Morgan fingerprint density at radius 2 is 2.15 bits per heavy atom. The van der Waals surface area contributed by atoms with Gasteiger partial charge in [-0.15, -0.1) is 11.3 Å². The molecule has 0 N–H and O–H groups in total. The minimum Gasteiger partial charge on any atom is -0.497 e. The van der Waals surface area contributed by atoms with Crippen molar-refractivity contribution in [3.05, 3.63) is 28.1 Å². The van der Waals surface area contributed by atoms with E-state index in [1.807, 2.05) is 25.1 Å². The first-order chi connectivity index (χ1) is 6.22. The molecule has 0 amide bonds. The van der Waals surface area contributed by atoms with E-state index in [0.717, 1.165) is 21.0 Å². The number of hydrogen-bond donors (Lipinski definition) is 0. The molecule has 0 aliphatic heterocycles. The summed E-state index contributed by atoms with van der Waals surface area (Å²) in [5.41, 5.74) is 0. The highest BCUT2D eigenvalue weighted by molar-refractivity contribution is 7.19. The molecule has 0 bridgehead atoms. The lowest BCUT2D eigenvalue weighted by atomic mass is 10.2. The number of thiophene rings is 1. The second kappa shape index (κ2) is 3.20. The zero-order chi connectivity index (χ0) is 9.42. The Balaban J connectivity index is 2.75. The molecule has 13 heavy (non-hydrogen) atoms. The molecule has 1 nitrogen and oxygen atoms in total.